The van der Waals surface area contributed by atoms with Crippen LogP contribution >= 0.6 is 0 Å². The van der Waals surface area contributed by atoms with E-state index in [0.717, 1.165) is 23.1 Å². The Labute approximate surface area is 158 Å². The lowest BCUT2D eigenvalue weighted by Crippen LogP contribution is -2.38. The molecule has 27 heavy (non-hydrogen) atoms. The maximum absolute atomic E-state index is 13.0. The van der Waals surface area contributed by atoms with Crippen molar-refractivity contribution in [3.05, 3.63) is 59.2 Å². The molecular formula is C20H23NO5S. The number of ether oxygens (including phenoxy) is 1. The standard InChI is InChI=1S/C20H23NO5S/c1-13-8-10-14(11-9-13)27(24,25)20(21)17-6-2-5-16-15(17)4-3-7-18(16)26-12-19(22)23/h3-4,7-11,17,20H,2,5-6,12,21H2,1H3,(H,22,23). The van der Waals surface area contributed by atoms with Crippen LogP contribution in [0.15, 0.2) is 47.4 Å². The third-order valence-corrected chi connectivity index (χ3v) is 6.94. The van der Waals surface area contributed by atoms with Gasteiger partial charge < -0.3 is 15.6 Å². The number of rotatable bonds is 6. The van der Waals surface area contributed by atoms with Crippen LogP contribution in [0, 0.1) is 6.92 Å². The molecule has 0 amide bonds. The second-order valence-electron chi connectivity index (χ2n) is 6.83. The highest BCUT2D eigenvalue weighted by atomic mass is 32.2. The molecule has 0 aromatic heterocycles. The number of carboxylic acids is 1. The summed E-state index contributed by atoms with van der Waals surface area (Å²) in [6.45, 7) is 1.46. The number of aliphatic carboxylic acids is 1. The molecule has 0 radical (unpaired) electrons. The Hall–Kier alpha value is -2.38. The molecule has 0 saturated carbocycles. The van der Waals surface area contributed by atoms with E-state index in [1.54, 1.807) is 36.4 Å². The number of hydrogen-bond donors (Lipinski definition) is 2. The van der Waals surface area contributed by atoms with Crippen LogP contribution in [0.25, 0.3) is 0 Å². The highest BCUT2D eigenvalue weighted by molar-refractivity contribution is 7.92. The first-order valence-electron chi connectivity index (χ1n) is 8.83. The van der Waals surface area contributed by atoms with Crippen LogP contribution in [0.3, 0.4) is 0 Å². The Morgan fingerprint density at radius 3 is 2.63 bits per heavy atom. The molecule has 1 aliphatic rings. The molecule has 0 aliphatic heterocycles. The molecule has 2 atom stereocenters. The van der Waals surface area contributed by atoms with Gasteiger partial charge >= 0.3 is 5.97 Å². The smallest absolute Gasteiger partial charge is 0.341 e. The van der Waals surface area contributed by atoms with Crippen LogP contribution in [-0.4, -0.2) is 31.5 Å². The van der Waals surface area contributed by atoms with Gasteiger partial charge in [0.15, 0.2) is 16.4 Å². The molecule has 0 bridgehead atoms. The molecular weight excluding hydrogens is 366 g/mol. The van der Waals surface area contributed by atoms with E-state index in [0.29, 0.717) is 18.6 Å². The largest absolute Gasteiger partial charge is 0.482 e. The van der Waals surface area contributed by atoms with E-state index in [-0.39, 0.29) is 10.8 Å². The van der Waals surface area contributed by atoms with Crippen molar-refractivity contribution in [3.8, 4) is 5.75 Å². The van der Waals surface area contributed by atoms with E-state index in [4.69, 9.17) is 15.6 Å². The number of benzene rings is 2. The van der Waals surface area contributed by atoms with Crippen molar-refractivity contribution < 1.29 is 23.1 Å². The summed E-state index contributed by atoms with van der Waals surface area (Å²) in [6, 6.07) is 12.0. The van der Waals surface area contributed by atoms with E-state index in [1.165, 1.54) is 0 Å². The van der Waals surface area contributed by atoms with E-state index < -0.39 is 27.8 Å². The zero-order valence-corrected chi connectivity index (χ0v) is 15.9. The Kier molecular flexibility index (Phi) is 5.53. The lowest BCUT2D eigenvalue weighted by Gasteiger charge is -2.31. The summed E-state index contributed by atoms with van der Waals surface area (Å²) in [4.78, 5) is 11.0. The van der Waals surface area contributed by atoms with Crippen molar-refractivity contribution in [2.45, 2.75) is 42.4 Å². The first-order valence-corrected chi connectivity index (χ1v) is 10.4. The fourth-order valence-electron chi connectivity index (χ4n) is 3.57. The summed E-state index contributed by atoms with van der Waals surface area (Å²) in [5.74, 6) is -0.938. The van der Waals surface area contributed by atoms with E-state index in [1.807, 2.05) is 13.0 Å². The summed E-state index contributed by atoms with van der Waals surface area (Å²) in [7, 11) is -3.69. The van der Waals surface area contributed by atoms with Crippen LogP contribution in [0.2, 0.25) is 0 Å². The van der Waals surface area contributed by atoms with Gasteiger partial charge in [0.1, 0.15) is 11.1 Å². The summed E-state index contributed by atoms with van der Waals surface area (Å²) >= 11 is 0. The van der Waals surface area contributed by atoms with Crippen molar-refractivity contribution >= 4 is 15.8 Å². The van der Waals surface area contributed by atoms with Crippen LogP contribution in [0.4, 0.5) is 0 Å². The molecule has 0 fully saturated rings. The van der Waals surface area contributed by atoms with Crippen LogP contribution in [0.1, 0.15) is 35.4 Å². The number of hydrogen-bond acceptors (Lipinski definition) is 5. The van der Waals surface area contributed by atoms with Gasteiger partial charge in [0, 0.05) is 5.92 Å². The second kappa shape index (κ2) is 7.70. The predicted molar refractivity (Wildman–Crippen MR) is 102 cm³/mol. The molecule has 3 rings (SSSR count). The third-order valence-electron chi connectivity index (χ3n) is 4.97. The second-order valence-corrected chi connectivity index (χ2v) is 8.93. The number of fused-ring (bicyclic) bond motifs is 1. The molecule has 0 saturated heterocycles. The van der Waals surface area contributed by atoms with Gasteiger partial charge in [0.05, 0.1) is 4.90 Å². The first kappa shape index (κ1) is 19.4. The van der Waals surface area contributed by atoms with Crippen molar-refractivity contribution in [1.29, 1.82) is 0 Å². The maximum Gasteiger partial charge on any atom is 0.341 e. The van der Waals surface area contributed by atoms with Gasteiger partial charge in [-0.25, -0.2) is 13.2 Å². The first-order chi connectivity index (χ1) is 12.8. The summed E-state index contributed by atoms with van der Waals surface area (Å²) < 4.78 is 31.4. The lowest BCUT2D eigenvalue weighted by molar-refractivity contribution is -0.139. The monoisotopic (exact) mass is 389 g/mol. The van der Waals surface area contributed by atoms with E-state index in [9.17, 15) is 13.2 Å². The quantitative estimate of drug-likeness (QED) is 0.787. The predicted octanol–water partition coefficient (Wildman–Crippen LogP) is 2.64. The minimum Gasteiger partial charge on any atom is -0.482 e. The number of sulfone groups is 1. The third kappa shape index (κ3) is 3.99. The van der Waals surface area contributed by atoms with Gasteiger partial charge in [0.2, 0.25) is 0 Å². The minimum absolute atomic E-state index is 0.214. The highest BCUT2D eigenvalue weighted by Crippen LogP contribution is 2.40. The van der Waals surface area contributed by atoms with Crippen molar-refractivity contribution in [3.63, 3.8) is 0 Å². The Morgan fingerprint density at radius 1 is 1.26 bits per heavy atom. The number of carbonyl (C=O) groups is 1. The Morgan fingerprint density at radius 2 is 1.96 bits per heavy atom. The van der Waals surface area contributed by atoms with E-state index >= 15 is 0 Å². The molecule has 7 heteroatoms. The van der Waals surface area contributed by atoms with Gasteiger partial charge in [-0.1, -0.05) is 29.8 Å². The SMILES string of the molecule is Cc1ccc(S(=O)(=O)C(N)C2CCCc3c(OCC(=O)O)cccc32)cc1. The van der Waals surface area contributed by atoms with Crippen molar-refractivity contribution in [2.24, 2.45) is 5.73 Å². The topological polar surface area (TPSA) is 107 Å². The molecule has 144 valence electrons. The van der Waals surface area contributed by atoms with Gasteiger partial charge in [-0.2, -0.15) is 0 Å². The number of aryl methyl sites for hydroxylation is 1. The number of carboxylic acid groups (broad SMARTS) is 1. The molecule has 2 unspecified atom stereocenters. The van der Waals surface area contributed by atoms with Gasteiger partial charge in [-0.3, -0.25) is 0 Å². The average Bonchev–Trinajstić information content (AvgIpc) is 2.65. The molecule has 3 N–H and O–H groups in total. The molecule has 2 aromatic carbocycles. The van der Waals surface area contributed by atoms with E-state index in [2.05, 4.69) is 0 Å². The van der Waals surface area contributed by atoms with Gasteiger partial charge in [-0.05, 0) is 55.5 Å². The van der Waals surface area contributed by atoms with Crippen molar-refractivity contribution in [2.75, 3.05) is 6.61 Å². The molecule has 2 aromatic rings. The maximum atomic E-state index is 13.0. The normalized spacial score (nSPS) is 17.8. The zero-order chi connectivity index (χ0) is 19.6. The molecule has 1 aliphatic carbocycles. The fraction of sp³-hybridized carbons (Fsp3) is 0.350. The number of nitrogens with two attached hydrogens (primary N) is 1. The Bertz CT molecular complexity index is 937. The lowest BCUT2D eigenvalue weighted by atomic mass is 9.82. The van der Waals surface area contributed by atoms with Crippen molar-refractivity contribution in [1.82, 2.24) is 0 Å². The molecule has 0 spiro atoms. The fourth-order valence-corrected chi connectivity index (χ4v) is 5.11. The Balaban J connectivity index is 1.94. The summed E-state index contributed by atoms with van der Waals surface area (Å²) in [5, 5.41) is 7.77. The highest BCUT2D eigenvalue weighted by Gasteiger charge is 2.35. The van der Waals surface area contributed by atoms with Crippen LogP contribution in [-0.2, 0) is 21.1 Å². The van der Waals surface area contributed by atoms with Crippen LogP contribution < -0.4 is 10.5 Å². The summed E-state index contributed by atoms with van der Waals surface area (Å²) in [6.07, 6.45) is 2.13. The zero-order valence-electron chi connectivity index (χ0n) is 15.1. The molecule has 6 nitrogen and oxygen atoms in total. The summed E-state index contributed by atoms with van der Waals surface area (Å²) in [5.41, 5.74) is 8.92. The van der Waals surface area contributed by atoms with Gasteiger partial charge in [0.25, 0.3) is 0 Å². The average molecular weight is 389 g/mol. The van der Waals surface area contributed by atoms with Gasteiger partial charge in [-0.15, -0.1) is 0 Å². The molecule has 0 heterocycles. The minimum atomic E-state index is -3.69. The van der Waals surface area contributed by atoms with Crippen LogP contribution in [0.5, 0.6) is 5.75 Å².